The summed E-state index contributed by atoms with van der Waals surface area (Å²) in [6.45, 7) is 2.47. The fraction of sp³-hybridized carbons (Fsp3) is 0.381. The van der Waals surface area contributed by atoms with Crippen LogP contribution in [0.1, 0.15) is 20.1 Å². The molecule has 5 atom stereocenters. The molecule has 13 heteroatoms. The molecule has 4 rings (SSSR count). The average molecular weight is 490 g/mol. The number of esters is 2. The third-order valence-electron chi connectivity index (χ3n) is 5.19. The Balaban J connectivity index is 1.68. The van der Waals surface area contributed by atoms with Crippen LogP contribution in [0.3, 0.4) is 0 Å². The summed E-state index contributed by atoms with van der Waals surface area (Å²) >= 11 is 0. The van der Waals surface area contributed by atoms with Gasteiger partial charge in [0.2, 0.25) is 0 Å². The van der Waals surface area contributed by atoms with Gasteiger partial charge in [-0.15, -0.1) is 0 Å². The van der Waals surface area contributed by atoms with Crippen molar-refractivity contribution in [2.45, 2.75) is 43.3 Å². The number of nitrogen functional groups attached to an aromatic ring is 1. The van der Waals surface area contributed by atoms with Crippen molar-refractivity contribution in [3.8, 4) is 5.75 Å². The van der Waals surface area contributed by atoms with E-state index in [1.165, 1.54) is 38.2 Å². The topological polar surface area (TPSA) is 158 Å². The molecule has 180 valence electrons. The van der Waals surface area contributed by atoms with Crippen molar-refractivity contribution in [3.05, 3.63) is 36.9 Å². The van der Waals surface area contributed by atoms with Crippen molar-refractivity contribution < 1.29 is 32.7 Å². The molecule has 1 aromatic carbocycles. The minimum absolute atomic E-state index is 0.0255. The van der Waals surface area contributed by atoms with Gasteiger partial charge in [-0.2, -0.15) is 0 Å². The first-order chi connectivity index (χ1) is 16.3. The Morgan fingerprint density at radius 2 is 1.76 bits per heavy atom. The number of hydrogen-bond donors (Lipinski definition) is 1. The van der Waals surface area contributed by atoms with Crippen molar-refractivity contribution >= 4 is 39.7 Å². The lowest BCUT2D eigenvalue weighted by Crippen LogP contribution is -2.40. The molecule has 0 aliphatic carbocycles. The van der Waals surface area contributed by atoms with Gasteiger partial charge in [-0.3, -0.25) is 18.4 Å². The SMILES string of the molecule is COc1ccc([S@@](=O)C[C@H]2O[C@@H](n3cnc4c(N)ncnc43)[C@H](OC(C)=O)[C@@H]2OC(C)=O)cc1. The lowest BCUT2D eigenvalue weighted by Gasteiger charge is -2.23. The molecule has 0 radical (unpaired) electrons. The zero-order valence-corrected chi connectivity index (χ0v) is 19.4. The standard InChI is InChI=1S/C21H23N5O7S/c1-11(27)31-17-15(8-34(29)14-6-4-13(30-3)5-7-14)33-21(18(17)32-12(2)28)26-10-25-16-19(22)23-9-24-20(16)26/h4-7,9-10,15,17-18,21H,8H2,1-3H3,(H2,22,23,24)/t15-,17-,18-,21-,34+/m1/s1. The first kappa shape index (κ1) is 23.6. The fourth-order valence-corrected chi connectivity index (χ4v) is 4.95. The first-order valence-electron chi connectivity index (χ1n) is 10.2. The summed E-state index contributed by atoms with van der Waals surface area (Å²) in [6, 6.07) is 6.74. The summed E-state index contributed by atoms with van der Waals surface area (Å²) in [5.74, 6) is -0.444. The number of methoxy groups -OCH3 is 1. The van der Waals surface area contributed by atoms with E-state index in [9.17, 15) is 13.8 Å². The Morgan fingerprint density at radius 3 is 2.41 bits per heavy atom. The van der Waals surface area contributed by atoms with E-state index < -0.39 is 47.3 Å². The molecule has 0 spiro atoms. The van der Waals surface area contributed by atoms with E-state index in [-0.39, 0.29) is 11.6 Å². The predicted octanol–water partition coefficient (Wildman–Crippen LogP) is 0.986. The van der Waals surface area contributed by atoms with Crippen LogP contribution in [0.4, 0.5) is 5.82 Å². The fourth-order valence-electron chi connectivity index (χ4n) is 3.75. The number of benzene rings is 1. The molecule has 2 aromatic heterocycles. The molecule has 12 nitrogen and oxygen atoms in total. The van der Waals surface area contributed by atoms with Crippen LogP contribution in [-0.2, 0) is 34.6 Å². The van der Waals surface area contributed by atoms with Gasteiger partial charge in [-0.1, -0.05) is 0 Å². The molecule has 3 heterocycles. The highest BCUT2D eigenvalue weighted by molar-refractivity contribution is 7.85. The van der Waals surface area contributed by atoms with Crippen LogP contribution in [0.15, 0.2) is 41.8 Å². The van der Waals surface area contributed by atoms with E-state index >= 15 is 0 Å². The minimum Gasteiger partial charge on any atom is -0.497 e. The van der Waals surface area contributed by atoms with Gasteiger partial charge in [-0.25, -0.2) is 15.0 Å². The maximum Gasteiger partial charge on any atom is 0.303 e. The zero-order chi connectivity index (χ0) is 24.4. The molecular weight excluding hydrogens is 466 g/mol. The van der Waals surface area contributed by atoms with E-state index in [1.54, 1.807) is 24.3 Å². The largest absolute Gasteiger partial charge is 0.497 e. The number of aromatic nitrogens is 4. The van der Waals surface area contributed by atoms with Crippen molar-refractivity contribution in [2.24, 2.45) is 0 Å². The normalized spacial score (nSPS) is 22.9. The third-order valence-corrected chi connectivity index (χ3v) is 6.62. The third kappa shape index (κ3) is 4.70. The summed E-state index contributed by atoms with van der Waals surface area (Å²) in [4.78, 5) is 36.7. The summed E-state index contributed by atoms with van der Waals surface area (Å²) in [7, 11) is 0.0154. The molecule has 1 saturated heterocycles. The quantitative estimate of drug-likeness (QED) is 0.472. The zero-order valence-electron chi connectivity index (χ0n) is 18.6. The highest BCUT2D eigenvalue weighted by atomic mass is 32.2. The minimum atomic E-state index is -1.52. The van der Waals surface area contributed by atoms with Crippen LogP contribution in [0.5, 0.6) is 5.75 Å². The van der Waals surface area contributed by atoms with E-state index in [4.69, 9.17) is 24.7 Å². The van der Waals surface area contributed by atoms with Gasteiger partial charge < -0.3 is 24.7 Å². The van der Waals surface area contributed by atoms with Gasteiger partial charge in [0, 0.05) is 18.7 Å². The van der Waals surface area contributed by atoms with Gasteiger partial charge in [0.1, 0.15) is 23.7 Å². The molecule has 0 unspecified atom stereocenters. The van der Waals surface area contributed by atoms with Crippen LogP contribution in [0, 0.1) is 0 Å². The number of anilines is 1. The van der Waals surface area contributed by atoms with Crippen LogP contribution >= 0.6 is 0 Å². The maximum atomic E-state index is 13.1. The Kier molecular flexibility index (Phi) is 6.75. The lowest BCUT2D eigenvalue weighted by molar-refractivity contribution is -0.165. The summed E-state index contributed by atoms with van der Waals surface area (Å²) in [6.07, 6.45) is -1.21. The Labute approximate surface area is 196 Å². The number of rotatable bonds is 7. The molecule has 1 fully saturated rings. The van der Waals surface area contributed by atoms with E-state index in [0.717, 1.165) is 0 Å². The summed E-state index contributed by atoms with van der Waals surface area (Å²) in [5, 5.41) is 0. The summed E-state index contributed by atoms with van der Waals surface area (Å²) < 4.78 is 36.9. The van der Waals surface area contributed by atoms with Crippen molar-refractivity contribution in [1.29, 1.82) is 0 Å². The van der Waals surface area contributed by atoms with Crippen molar-refractivity contribution in [2.75, 3.05) is 18.6 Å². The predicted molar refractivity (Wildman–Crippen MR) is 119 cm³/mol. The molecule has 2 N–H and O–H groups in total. The molecule has 1 aliphatic rings. The van der Waals surface area contributed by atoms with E-state index in [2.05, 4.69) is 15.0 Å². The second-order valence-electron chi connectivity index (χ2n) is 7.48. The Hall–Kier alpha value is -3.58. The molecule has 1 aliphatic heterocycles. The maximum absolute atomic E-state index is 13.1. The number of carbonyl (C=O) groups is 2. The van der Waals surface area contributed by atoms with Gasteiger partial charge >= 0.3 is 11.9 Å². The molecule has 0 amide bonds. The monoisotopic (exact) mass is 489 g/mol. The number of imidazole rings is 1. The number of carbonyl (C=O) groups excluding carboxylic acids is 2. The Bertz CT molecular complexity index is 1230. The van der Waals surface area contributed by atoms with E-state index in [1.807, 2.05) is 0 Å². The van der Waals surface area contributed by atoms with Crippen LogP contribution in [0.2, 0.25) is 0 Å². The number of nitrogens with two attached hydrogens (primary N) is 1. The van der Waals surface area contributed by atoms with Gasteiger partial charge in [-0.05, 0) is 24.3 Å². The molecule has 34 heavy (non-hydrogen) atoms. The number of nitrogens with zero attached hydrogens (tertiary/aromatic N) is 4. The van der Waals surface area contributed by atoms with Gasteiger partial charge in [0.25, 0.3) is 0 Å². The number of hydrogen-bond acceptors (Lipinski definition) is 11. The van der Waals surface area contributed by atoms with E-state index in [0.29, 0.717) is 21.8 Å². The van der Waals surface area contributed by atoms with Gasteiger partial charge in [0.05, 0.1) is 30.0 Å². The molecular formula is C21H23N5O7S. The van der Waals surface area contributed by atoms with Crippen molar-refractivity contribution in [1.82, 2.24) is 19.5 Å². The van der Waals surface area contributed by atoms with Crippen LogP contribution < -0.4 is 10.5 Å². The first-order valence-corrected chi connectivity index (χ1v) is 11.6. The highest BCUT2D eigenvalue weighted by Crippen LogP contribution is 2.36. The number of ether oxygens (including phenoxy) is 4. The van der Waals surface area contributed by atoms with Crippen molar-refractivity contribution in [3.63, 3.8) is 0 Å². The van der Waals surface area contributed by atoms with Crippen LogP contribution in [0.25, 0.3) is 11.2 Å². The average Bonchev–Trinajstić information content (AvgIpc) is 3.36. The summed E-state index contributed by atoms with van der Waals surface area (Å²) in [5.41, 5.74) is 6.56. The molecule has 0 bridgehead atoms. The van der Waals surface area contributed by atoms with Crippen LogP contribution in [-0.4, -0.2) is 66.8 Å². The molecule has 0 saturated carbocycles. The number of fused-ring (bicyclic) bond motifs is 1. The highest BCUT2D eigenvalue weighted by Gasteiger charge is 2.51. The Morgan fingerprint density at radius 1 is 1.09 bits per heavy atom. The molecule has 3 aromatic rings. The second kappa shape index (κ2) is 9.73. The smallest absolute Gasteiger partial charge is 0.303 e. The second-order valence-corrected chi connectivity index (χ2v) is 8.98. The van der Waals surface area contributed by atoms with Gasteiger partial charge in [0.15, 0.2) is 29.9 Å². The lowest BCUT2D eigenvalue weighted by atomic mass is 10.1.